The molecule has 0 aliphatic carbocycles. The Bertz CT molecular complexity index is 540. The summed E-state index contributed by atoms with van der Waals surface area (Å²) < 4.78 is 0. The molecular weight excluding hydrogens is 280 g/mol. The molecule has 2 fully saturated rings. The van der Waals surface area contributed by atoms with Crippen molar-refractivity contribution in [2.24, 2.45) is 5.92 Å². The van der Waals surface area contributed by atoms with Crippen LogP contribution in [-0.4, -0.2) is 71.3 Å². The van der Waals surface area contributed by atoms with Crippen LogP contribution in [0.25, 0.3) is 0 Å². The van der Waals surface area contributed by atoms with Crippen molar-refractivity contribution < 1.29 is 9.59 Å². The van der Waals surface area contributed by atoms with E-state index in [-0.39, 0.29) is 17.7 Å². The van der Waals surface area contributed by atoms with Gasteiger partial charge < -0.3 is 9.80 Å². The van der Waals surface area contributed by atoms with E-state index < -0.39 is 0 Å². The first-order chi connectivity index (χ1) is 10.6. The second-order valence-electron chi connectivity index (χ2n) is 6.10. The molecule has 2 aliphatic rings. The van der Waals surface area contributed by atoms with Gasteiger partial charge in [-0.15, -0.1) is 0 Å². The molecule has 0 aromatic carbocycles. The number of rotatable bonds is 3. The van der Waals surface area contributed by atoms with Crippen molar-refractivity contribution in [3.8, 4) is 0 Å². The Labute approximate surface area is 130 Å². The molecule has 2 saturated heterocycles. The standard InChI is InChI=1S/C16H22N4O2/c1-18-11-13(10-15(18)21)16(22)20-8-6-19(7-9-20)12-14-4-2-3-5-17-14/h2-5,13H,6-12H2,1H3/t13-/m1/s1. The highest BCUT2D eigenvalue weighted by Crippen LogP contribution is 2.19. The molecule has 6 nitrogen and oxygen atoms in total. The van der Waals surface area contributed by atoms with E-state index >= 15 is 0 Å². The first-order valence-corrected chi connectivity index (χ1v) is 7.78. The Kier molecular flexibility index (Phi) is 4.38. The minimum atomic E-state index is -0.153. The molecule has 0 unspecified atom stereocenters. The van der Waals surface area contributed by atoms with E-state index in [0.29, 0.717) is 13.0 Å². The minimum Gasteiger partial charge on any atom is -0.345 e. The van der Waals surface area contributed by atoms with Crippen LogP contribution in [0.1, 0.15) is 12.1 Å². The van der Waals surface area contributed by atoms with E-state index in [1.54, 1.807) is 11.9 Å². The van der Waals surface area contributed by atoms with E-state index in [1.165, 1.54) is 0 Å². The van der Waals surface area contributed by atoms with Gasteiger partial charge in [0.25, 0.3) is 0 Å². The molecule has 2 amide bonds. The number of aromatic nitrogens is 1. The van der Waals surface area contributed by atoms with E-state index in [9.17, 15) is 9.59 Å². The summed E-state index contributed by atoms with van der Waals surface area (Å²) in [4.78, 5) is 34.3. The topological polar surface area (TPSA) is 56.8 Å². The first kappa shape index (κ1) is 15.0. The number of hydrogen-bond donors (Lipinski definition) is 0. The fourth-order valence-corrected chi connectivity index (χ4v) is 3.13. The van der Waals surface area contributed by atoms with Crippen molar-refractivity contribution in [1.82, 2.24) is 19.7 Å². The summed E-state index contributed by atoms with van der Waals surface area (Å²) in [7, 11) is 1.76. The maximum atomic E-state index is 12.5. The predicted molar refractivity (Wildman–Crippen MR) is 81.8 cm³/mol. The average Bonchev–Trinajstić information content (AvgIpc) is 2.88. The van der Waals surface area contributed by atoms with Gasteiger partial charge in [0.2, 0.25) is 11.8 Å². The van der Waals surface area contributed by atoms with Crippen LogP contribution in [0, 0.1) is 5.92 Å². The zero-order valence-corrected chi connectivity index (χ0v) is 12.9. The smallest absolute Gasteiger partial charge is 0.228 e. The van der Waals surface area contributed by atoms with Gasteiger partial charge in [-0.1, -0.05) is 6.07 Å². The highest BCUT2D eigenvalue weighted by atomic mass is 16.2. The van der Waals surface area contributed by atoms with Crippen molar-refractivity contribution in [3.05, 3.63) is 30.1 Å². The van der Waals surface area contributed by atoms with Gasteiger partial charge in [0.15, 0.2) is 0 Å². The van der Waals surface area contributed by atoms with Crippen molar-refractivity contribution in [2.45, 2.75) is 13.0 Å². The molecule has 0 saturated carbocycles. The van der Waals surface area contributed by atoms with Crippen molar-refractivity contribution >= 4 is 11.8 Å². The normalized spacial score (nSPS) is 23.1. The quantitative estimate of drug-likeness (QED) is 0.801. The van der Waals surface area contributed by atoms with E-state index in [1.807, 2.05) is 29.3 Å². The van der Waals surface area contributed by atoms with Crippen LogP contribution in [-0.2, 0) is 16.1 Å². The summed E-state index contributed by atoms with van der Waals surface area (Å²) >= 11 is 0. The van der Waals surface area contributed by atoms with Crippen molar-refractivity contribution in [1.29, 1.82) is 0 Å². The lowest BCUT2D eigenvalue weighted by atomic mass is 10.1. The van der Waals surface area contributed by atoms with Crippen LogP contribution < -0.4 is 0 Å². The lowest BCUT2D eigenvalue weighted by Gasteiger charge is -2.35. The van der Waals surface area contributed by atoms with Crippen molar-refractivity contribution in [2.75, 3.05) is 39.8 Å². The van der Waals surface area contributed by atoms with E-state index in [2.05, 4.69) is 9.88 Å². The number of piperazine rings is 1. The molecule has 2 aliphatic heterocycles. The number of amides is 2. The van der Waals surface area contributed by atoms with Crippen LogP contribution >= 0.6 is 0 Å². The van der Waals surface area contributed by atoms with Crippen LogP contribution in [0.15, 0.2) is 24.4 Å². The molecule has 1 aromatic heterocycles. The van der Waals surface area contributed by atoms with Crippen LogP contribution in [0.5, 0.6) is 0 Å². The Balaban J connectivity index is 1.49. The summed E-state index contributed by atoms with van der Waals surface area (Å²) in [6.45, 7) is 4.58. The number of likely N-dealkylation sites (tertiary alicyclic amines) is 1. The molecule has 1 atom stereocenters. The third kappa shape index (κ3) is 3.27. The molecule has 118 valence electrons. The molecule has 3 heterocycles. The van der Waals surface area contributed by atoms with Gasteiger partial charge >= 0.3 is 0 Å². The molecule has 1 aromatic rings. The summed E-state index contributed by atoms with van der Waals surface area (Å²) in [6, 6.07) is 5.94. The molecule has 0 radical (unpaired) electrons. The lowest BCUT2D eigenvalue weighted by molar-refractivity contribution is -0.137. The van der Waals surface area contributed by atoms with Gasteiger partial charge in [0.1, 0.15) is 0 Å². The highest BCUT2D eigenvalue weighted by molar-refractivity contribution is 5.89. The lowest BCUT2D eigenvalue weighted by Crippen LogP contribution is -2.50. The first-order valence-electron chi connectivity index (χ1n) is 7.78. The molecule has 3 rings (SSSR count). The van der Waals surface area contributed by atoms with Crippen LogP contribution in [0.3, 0.4) is 0 Å². The summed E-state index contributed by atoms with van der Waals surface area (Å²) in [5.74, 6) is 0.0576. The fraction of sp³-hybridized carbons (Fsp3) is 0.562. The second-order valence-corrected chi connectivity index (χ2v) is 6.10. The number of hydrogen-bond acceptors (Lipinski definition) is 4. The maximum Gasteiger partial charge on any atom is 0.228 e. The third-order valence-corrected chi connectivity index (χ3v) is 4.49. The van der Waals surface area contributed by atoms with Gasteiger partial charge in [-0.2, -0.15) is 0 Å². The number of nitrogens with zero attached hydrogens (tertiary/aromatic N) is 4. The summed E-state index contributed by atoms with van der Waals surface area (Å²) in [5, 5.41) is 0. The number of carbonyl (C=O) groups excluding carboxylic acids is 2. The molecular formula is C16H22N4O2. The van der Waals surface area contributed by atoms with Gasteiger partial charge in [0.05, 0.1) is 11.6 Å². The summed E-state index contributed by atoms with van der Waals surface area (Å²) in [5.41, 5.74) is 1.06. The third-order valence-electron chi connectivity index (χ3n) is 4.49. The zero-order valence-electron chi connectivity index (χ0n) is 12.9. The Morgan fingerprint density at radius 3 is 2.64 bits per heavy atom. The van der Waals surface area contributed by atoms with Gasteiger partial charge in [-0.3, -0.25) is 19.5 Å². The van der Waals surface area contributed by atoms with Gasteiger partial charge in [-0.25, -0.2) is 0 Å². The Morgan fingerprint density at radius 2 is 2.05 bits per heavy atom. The fourth-order valence-electron chi connectivity index (χ4n) is 3.13. The van der Waals surface area contributed by atoms with E-state index in [0.717, 1.165) is 38.4 Å². The average molecular weight is 302 g/mol. The largest absolute Gasteiger partial charge is 0.345 e. The SMILES string of the molecule is CN1C[C@H](C(=O)N2CCN(Cc3ccccn3)CC2)CC1=O. The monoisotopic (exact) mass is 302 g/mol. The van der Waals surface area contributed by atoms with Gasteiger partial charge in [0, 0.05) is 58.9 Å². The zero-order chi connectivity index (χ0) is 15.5. The predicted octanol–water partition coefficient (Wildman–Crippen LogP) is 0.204. The minimum absolute atomic E-state index is 0.0761. The number of pyridine rings is 1. The molecule has 0 spiro atoms. The summed E-state index contributed by atoms with van der Waals surface area (Å²) in [6.07, 6.45) is 2.17. The van der Waals surface area contributed by atoms with Crippen LogP contribution in [0.4, 0.5) is 0 Å². The Hall–Kier alpha value is -1.95. The maximum absolute atomic E-state index is 12.5. The second kappa shape index (κ2) is 6.44. The van der Waals surface area contributed by atoms with Crippen molar-refractivity contribution in [3.63, 3.8) is 0 Å². The molecule has 0 N–H and O–H groups in total. The van der Waals surface area contributed by atoms with E-state index in [4.69, 9.17) is 0 Å². The number of carbonyl (C=O) groups is 2. The van der Waals surface area contributed by atoms with Gasteiger partial charge in [-0.05, 0) is 12.1 Å². The molecule has 6 heteroatoms. The van der Waals surface area contributed by atoms with Crippen LogP contribution in [0.2, 0.25) is 0 Å². The Morgan fingerprint density at radius 1 is 1.27 bits per heavy atom. The molecule has 22 heavy (non-hydrogen) atoms. The molecule has 0 bridgehead atoms. The highest BCUT2D eigenvalue weighted by Gasteiger charge is 2.35.